The molecule has 6 aromatic rings. The highest BCUT2D eigenvalue weighted by Gasteiger charge is 2.43. The number of piperazine rings is 3. The Balaban J connectivity index is 0.000000148. The fourth-order valence-corrected chi connectivity index (χ4v) is 12.1. The molecule has 6 aliphatic rings. The molecule has 0 unspecified atom stereocenters. The Morgan fingerprint density at radius 1 is 0.333 bits per heavy atom. The number of benzene rings is 6. The summed E-state index contributed by atoms with van der Waals surface area (Å²) in [6.45, 7) is 17.4. The van der Waals surface area contributed by atoms with Crippen molar-refractivity contribution >= 4 is 34.8 Å². The molecule has 480 valence electrons. The Labute approximate surface area is 519 Å². The van der Waals surface area contributed by atoms with Crippen molar-refractivity contribution in [3.8, 4) is 0 Å². The monoisotopic (exact) mass is 1250 g/mol. The lowest BCUT2D eigenvalue weighted by atomic mass is 9.96. The highest BCUT2D eigenvalue weighted by Crippen LogP contribution is 2.41. The second-order valence-electron chi connectivity index (χ2n) is 24.2. The van der Waals surface area contributed by atoms with E-state index in [4.69, 9.17) is 14.2 Å². The molecule has 0 spiro atoms. The van der Waals surface area contributed by atoms with E-state index in [0.717, 1.165) is 51.6 Å². The third-order valence-corrected chi connectivity index (χ3v) is 17.8. The van der Waals surface area contributed by atoms with Crippen molar-refractivity contribution in [2.45, 2.75) is 116 Å². The summed E-state index contributed by atoms with van der Waals surface area (Å²) in [4.78, 5) is 49.3. The van der Waals surface area contributed by atoms with Crippen molar-refractivity contribution in [2.75, 3.05) is 93.2 Å². The lowest BCUT2D eigenvalue weighted by molar-refractivity contribution is -0.174. The third kappa shape index (κ3) is 15.4. The fraction of sp³-hybridized carbons (Fsp3) is 0.435. The van der Waals surface area contributed by atoms with Crippen LogP contribution in [-0.2, 0) is 47.1 Å². The second kappa shape index (κ2) is 27.1. The molecular weight excluding hydrogens is 1180 g/mol. The molecule has 6 fully saturated rings. The molecule has 3 amide bonds. The van der Waals surface area contributed by atoms with Crippen LogP contribution in [0.1, 0.15) is 104 Å². The topological polar surface area (TPSA) is 98.3 Å². The lowest BCUT2D eigenvalue weighted by Gasteiger charge is -2.42. The van der Waals surface area contributed by atoms with Gasteiger partial charge < -0.3 is 43.6 Å². The number of rotatable bonds is 9. The van der Waals surface area contributed by atoms with E-state index >= 15 is 0 Å². The zero-order valence-corrected chi connectivity index (χ0v) is 51.2. The predicted molar refractivity (Wildman–Crippen MR) is 325 cm³/mol. The molecule has 0 N–H and O–H groups in total. The van der Waals surface area contributed by atoms with Gasteiger partial charge in [-0.3, -0.25) is 14.4 Å². The molecule has 6 aromatic carbocycles. The van der Waals surface area contributed by atoms with E-state index in [9.17, 15) is 53.9 Å². The summed E-state index contributed by atoms with van der Waals surface area (Å²) in [6, 6.07) is 35.8. The Kier molecular flexibility index (Phi) is 19.6. The van der Waals surface area contributed by atoms with Crippen LogP contribution in [0.3, 0.4) is 0 Å². The average Bonchev–Trinajstić information content (AvgIpc) is 0.956. The van der Waals surface area contributed by atoms with Gasteiger partial charge in [-0.15, -0.1) is 0 Å². The van der Waals surface area contributed by atoms with Crippen LogP contribution < -0.4 is 14.7 Å². The number of anilines is 3. The molecule has 0 bridgehead atoms. The molecule has 90 heavy (non-hydrogen) atoms. The zero-order chi connectivity index (χ0) is 64.4. The predicted octanol–water partition coefficient (Wildman–Crippen LogP) is 13.5. The first-order chi connectivity index (χ1) is 42.7. The summed E-state index contributed by atoms with van der Waals surface area (Å²) < 4.78 is 135. The number of carbonyl (C=O) groups excluding carboxylic acids is 3. The van der Waals surface area contributed by atoms with Crippen molar-refractivity contribution in [3.05, 3.63) is 194 Å². The maximum atomic E-state index is 13.1. The van der Waals surface area contributed by atoms with Gasteiger partial charge in [0.05, 0.1) is 35.0 Å². The minimum atomic E-state index is -4.37. The number of hydrogen-bond acceptors (Lipinski definition) is 9. The molecule has 6 atom stereocenters. The molecular formula is C69H75F9N6O6. The van der Waals surface area contributed by atoms with E-state index in [1.165, 1.54) is 53.1 Å². The van der Waals surface area contributed by atoms with E-state index in [1.54, 1.807) is 35.5 Å². The summed E-state index contributed by atoms with van der Waals surface area (Å²) >= 11 is 0. The Morgan fingerprint density at radius 3 is 0.744 bits per heavy atom. The maximum Gasteiger partial charge on any atom is 0.416 e. The summed E-state index contributed by atoms with van der Waals surface area (Å²) in [5, 5.41) is 0. The SMILES string of the molecule is Cc1ccc([C@@H]2C[C@H](C(=O)N3CCN(c4cc(C(F)(F)F)ccc4C)CC3)O2)cc1.Cc1ccc([C@@H]2C[C@H](C(=O)N3CCN(c4cc(C(F)(F)F)ccc4C)CC3)O2)cc1.Cc1ccc([C@H]2C[C@@H](C(=O)N3CCN(c4cc(C(F)(F)F)ccc4C)CC3)O2)cc1. The van der Waals surface area contributed by atoms with E-state index in [1.807, 2.05) is 108 Å². The van der Waals surface area contributed by atoms with Gasteiger partial charge in [0.1, 0.15) is 18.3 Å². The van der Waals surface area contributed by atoms with Gasteiger partial charge in [-0.05, 0) is 111 Å². The molecule has 0 radical (unpaired) electrons. The number of amides is 3. The largest absolute Gasteiger partial charge is 0.416 e. The molecule has 6 heterocycles. The highest BCUT2D eigenvalue weighted by molar-refractivity contribution is 5.83. The van der Waals surface area contributed by atoms with Gasteiger partial charge in [-0.25, -0.2) is 0 Å². The number of carbonyl (C=O) groups is 3. The number of nitrogens with zero attached hydrogens (tertiary/aromatic N) is 6. The number of alkyl halides is 9. The third-order valence-electron chi connectivity index (χ3n) is 17.8. The van der Waals surface area contributed by atoms with Crippen LogP contribution in [0.4, 0.5) is 56.6 Å². The first-order valence-electron chi connectivity index (χ1n) is 30.5. The van der Waals surface area contributed by atoms with Crippen LogP contribution in [0.5, 0.6) is 0 Å². The first kappa shape index (κ1) is 65.3. The number of halogens is 9. The number of ether oxygens (including phenoxy) is 3. The molecule has 12 rings (SSSR count). The van der Waals surface area contributed by atoms with E-state index < -0.39 is 53.5 Å². The van der Waals surface area contributed by atoms with Gasteiger partial charge in [-0.2, -0.15) is 39.5 Å². The van der Waals surface area contributed by atoms with Crippen molar-refractivity contribution in [2.24, 2.45) is 0 Å². The molecule has 0 aliphatic carbocycles. The minimum absolute atomic E-state index is 0.0289. The van der Waals surface area contributed by atoms with E-state index in [2.05, 4.69) is 0 Å². The van der Waals surface area contributed by atoms with Crippen LogP contribution in [0, 0.1) is 41.5 Å². The highest BCUT2D eigenvalue weighted by atomic mass is 19.4. The minimum Gasteiger partial charge on any atom is -0.368 e. The fourth-order valence-electron chi connectivity index (χ4n) is 12.1. The summed E-state index contributed by atoms with van der Waals surface area (Å²) in [5.74, 6) is -0.0867. The summed E-state index contributed by atoms with van der Waals surface area (Å²) in [5.41, 5.74) is 8.97. The van der Waals surface area contributed by atoms with Gasteiger partial charge >= 0.3 is 18.5 Å². The normalized spacial score (nSPS) is 22.0. The molecule has 12 nitrogen and oxygen atoms in total. The van der Waals surface area contributed by atoms with Gasteiger partial charge in [0, 0.05) is 115 Å². The van der Waals surface area contributed by atoms with Crippen molar-refractivity contribution < 1.29 is 68.1 Å². The Morgan fingerprint density at radius 2 is 0.544 bits per heavy atom. The summed E-state index contributed by atoms with van der Waals surface area (Å²) in [6.07, 6.45) is -12.6. The molecule has 0 saturated carbocycles. The van der Waals surface area contributed by atoms with Gasteiger partial charge in [0.2, 0.25) is 0 Å². The van der Waals surface area contributed by atoms with Crippen LogP contribution in [0.2, 0.25) is 0 Å². The molecule has 6 aliphatic heterocycles. The quantitative estimate of drug-likeness (QED) is 0.131. The second-order valence-corrected chi connectivity index (χ2v) is 24.2. The molecule has 21 heteroatoms. The van der Waals surface area contributed by atoms with Crippen LogP contribution in [0.25, 0.3) is 0 Å². The van der Waals surface area contributed by atoms with Crippen LogP contribution in [0.15, 0.2) is 127 Å². The Bertz CT molecular complexity index is 3100. The van der Waals surface area contributed by atoms with Gasteiger partial charge in [0.15, 0.2) is 0 Å². The zero-order valence-electron chi connectivity index (χ0n) is 51.2. The standard InChI is InChI=1S/3C23H25F3N2O2/c3*1-15-3-6-17(7-4-15)20-14-21(30-20)22(29)28-11-9-27(10-12-28)19-13-18(23(24,25)26)8-5-16(19)2/h3*3-8,13,20-21H,9-12,14H2,1-2H3/t3*20-,21+/m100/s1. The molecule has 0 aromatic heterocycles. The lowest BCUT2D eigenvalue weighted by Crippen LogP contribution is -2.54. The van der Waals surface area contributed by atoms with Crippen LogP contribution >= 0.6 is 0 Å². The smallest absolute Gasteiger partial charge is 0.368 e. The average molecular weight is 1260 g/mol. The Hall–Kier alpha value is -7.62. The van der Waals surface area contributed by atoms with Gasteiger partial charge in [0.25, 0.3) is 17.7 Å². The number of hydrogen-bond donors (Lipinski definition) is 0. The van der Waals surface area contributed by atoms with Crippen molar-refractivity contribution in [1.82, 2.24) is 14.7 Å². The van der Waals surface area contributed by atoms with E-state index in [0.29, 0.717) is 115 Å². The van der Waals surface area contributed by atoms with Crippen LogP contribution in [-0.4, -0.2) is 129 Å². The maximum absolute atomic E-state index is 13.1. The summed E-state index contributed by atoms with van der Waals surface area (Å²) in [7, 11) is 0. The first-order valence-corrected chi connectivity index (χ1v) is 30.5. The molecule has 6 saturated heterocycles. The van der Waals surface area contributed by atoms with Crippen molar-refractivity contribution in [1.29, 1.82) is 0 Å². The van der Waals surface area contributed by atoms with Crippen molar-refractivity contribution in [3.63, 3.8) is 0 Å². The number of aryl methyl sites for hydroxylation is 6. The van der Waals surface area contributed by atoms with Gasteiger partial charge in [-0.1, -0.05) is 108 Å². The van der Waals surface area contributed by atoms with E-state index in [-0.39, 0.29) is 36.0 Å².